The molecule has 1 aromatic heterocycles. The van der Waals surface area contributed by atoms with Gasteiger partial charge >= 0.3 is 0 Å². The molecule has 5 nitrogen and oxygen atoms in total. The topological polar surface area (TPSA) is 73.1 Å². The second-order valence-corrected chi connectivity index (χ2v) is 3.28. The van der Waals surface area contributed by atoms with Crippen LogP contribution in [0.25, 0.3) is 0 Å². The van der Waals surface area contributed by atoms with Crippen molar-refractivity contribution in [1.82, 2.24) is 9.97 Å². The molecule has 0 spiro atoms. The minimum absolute atomic E-state index is 0.296. The van der Waals surface area contributed by atoms with Crippen molar-refractivity contribution in [1.29, 1.82) is 0 Å². The number of nitrogen functional groups attached to an aromatic ring is 1. The summed E-state index contributed by atoms with van der Waals surface area (Å²) in [6.45, 7) is 0. The van der Waals surface area contributed by atoms with Crippen LogP contribution in [0.1, 0.15) is 0 Å². The summed E-state index contributed by atoms with van der Waals surface area (Å²) in [5, 5.41) is 2.95. The summed E-state index contributed by atoms with van der Waals surface area (Å²) in [6.07, 6.45) is 1.33. The van der Waals surface area contributed by atoms with E-state index < -0.39 is 0 Å². The molecular formula is C11H11FN4O. The molecule has 88 valence electrons. The van der Waals surface area contributed by atoms with Crippen LogP contribution >= 0.6 is 0 Å². The van der Waals surface area contributed by atoms with Crippen LogP contribution in [0.15, 0.2) is 30.6 Å². The van der Waals surface area contributed by atoms with Gasteiger partial charge in [-0.15, -0.1) is 0 Å². The van der Waals surface area contributed by atoms with E-state index in [0.29, 0.717) is 23.1 Å². The molecule has 1 aromatic carbocycles. The van der Waals surface area contributed by atoms with E-state index in [-0.39, 0.29) is 5.82 Å². The first-order valence-corrected chi connectivity index (χ1v) is 4.88. The maximum absolute atomic E-state index is 12.7. The number of aromatic nitrogens is 2. The average molecular weight is 234 g/mol. The Morgan fingerprint density at radius 3 is 2.59 bits per heavy atom. The standard InChI is InChI=1S/C11H11FN4O/c1-17-11-9(13)10(14-6-15-11)16-8-4-2-7(12)3-5-8/h2-6H,13H2,1H3,(H,14,15,16). The van der Waals surface area contributed by atoms with Crippen LogP contribution in [0.2, 0.25) is 0 Å². The average Bonchev–Trinajstić information content (AvgIpc) is 2.35. The van der Waals surface area contributed by atoms with Crippen molar-refractivity contribution < 1.29 is 9.13 Å². The van der Waals surface area contributed by atoms with Gasteiger partial charge in [0.2, 0.25) is 5.88 Å². The Balaban J connectivity index is 2.27. The van der Waals surface area contributed by atoms with Gasteiger partial charge in [-0.2, -0.15) is 4.98 Å². The minimum Gasteiger partial charge on any atom is -0.479 e. The Labute approximate surface area is 97.5 Å². The molecule has 6 heteroatoms. The largest absolute Gasteiger partial charge is 0.479 e. The zero-order chi connectivity index (χ0) is 12.3. The smallest absolute Gasteiger partial charge is 0.242 e. The van der Waals surface area contributed by atoms with E-state index in [1.165, 1.54) is 25.6 Å². The number of halogens is 1. The Bertz CT molecular complexity index is 515. The predicted octanol–water partition coefficient (Wildman–Crippen LogP) is 1.95. The highest BCUT2D eigenvalue weighted by molar-refractivity contribution is 5.71. The number of hydrogen-bond acceptors (Lipinski definition) is 5. The molecule has 0 bridgehead atoms. The maximum atomic E-state index is 12.7. The number of nitrogens with two attached hydrogens (primary N) is 1. The molecule has 0 aliphatic heterocycles. The molecular weight excluding hydrogens is 223 g/mol. The number of hydrogen-bond donors (Lipinski definition) is 2. The Morgan fingerprint density at radius 1 is 1.24 bits per heavy atom. The zero-order valence-corrected chi connectivity index (χ0v) is 9.14. The Kier molecular flexibility index (Phi) is 3.04. The molecule has 2 rings (SSSR count). The molecule has 0 saturated carbocycles. The van der Waals surface area contributed by atoms with Gasteiger partial charge in [0.15, 0.2) is 5.82 Å². The summed E-state index contributed by atoms with van der Waals surface area (Å²) in [5.74, 6) is 0.414. The van der Waals surface area contributed by atoms with Crippen molar-refractivity contribution in [3.8, 4) is 5.88 Å². The summed E-state index contributed by atoms with van der Waals surface area (Å²) < 4.78 is 17.7. The lowest BCUT2D eigenvalue weighted by atomic mass is 10.3. The van der Waals surface area contributed by atoms with Crippen molar-refractivity contribution in [3.63, 3.8) is 0 Å². The minimum atomic E-state index is -0.302. The van der Waals surface area contributed by atoms with Crippen molar-refractivity contribution in [3.05, 3.63) is 36.4 Å². The number of rotatable bonds is 3. The van der Waals surface area contributed by atoms with Gasteiger partial charge in [-0.3, -0.25) is 0 Å². The number of ether oxygens (including phenoxy) is 1. The first-order chi connectivity index (χ1) is 8.20. The molecule has 1 heterocycles. The summed E-state index contributed by atoms with van der Waals surface area (Å²) in [7, 11) is 1.47. The van der Waals surface area contributed by atoms with Crippen LogP contribution in [-0.2, 0) is 0 Å². The summed E-state index contributed by atoms with van der Waals surface area (Å²) in [4.78, 5) is 7.84. The molecule has 17 heavy (non-hydrogen) atoms. The van der Waals surface area contributed by atoms with Gasteiger partial charge < -0.3 is 15.8 Å². The van der Waals surface area contributed by atoms with Gasteiger partial charge in [-0.1, -0.05) is 0 Å². The summed E-state index contributed by atoms with van der Waals surface area (Å²) in [6, 6.07) is 5.86. The predicted molar refractivity (Wildman–Crippen MR) is 62.7 cm³/mol. The van der Waals surface area contributed by atoms with Crippen molar-refractivity contribution in [2.75, 3.05) is 18.2 Å². The normalized spacial score (nSPS) is 10.0. The number of benzene rings is 1. The summed E-state index contributed by atoms with van der Waals surface area (Å²) in [5.41, 5.74) is 6.77. The third-order valence-electron chi connectivity index (χ3n) is 2.15. The molecule has 0 radical (unpaired) electrons. The van der Waals surface area contributed by atoms with Gasteiger partial charge in [0.1, 0.15) is 17.8 Å². The van der Waals surface area contributed by atoms with E-state index in [4.69, 9.17) is 10.5 Å². The van der Waals surface area contributed by atoms with E-state index in [0.717, 1.165) is 0 Å². The van der Waals surface area contributed by atoms with E-state index in [9.17, 15) is 4.39 Å². The lowest BCUT2D eigenvalue weighted by Gasteiger charge is -2.09. The van der Waals surface area contributed by atoms with E-state index in [1.54, 1.807) is 12.1 Å². The monoisotopic (exact) mass is 234 g/mol. The van der Waals surface area contributed by atoms with Crippen molar-refractivity contribution in [2.45, 2.75) is 0 Å². The second-order valence-electron chi connectivity index (χ2n) is 3.28. The van der Waals surface area contributed by atoms with Crippen molar-refractivity contribution >= 4 is 17.2 Å². The fourth-order valence-corrected chi connectivity index (χ4v) is 1.31. The molecule has 0 amide bonds. The van der Waals surface area contributed by atoms with E-state index in [1.807, 2.05) is 0 Å². The lowest BCUT2D eigenvalue weighted by Crippen LogP contribution is -2.03. The maximum Gasteiger partial charge on any atom is 0.242 e. The highest BCUT2D eigenvalue weighted by Gasteiger charge is 2.08. The highest BCUT2D eigenvalue weighted by Crippen LogP contribution is 2.26. The van der Waals surface area contributed by atoms with Crippen LogP contribution in [0.5, 0.6) is 5.88 Å². The third kappa shape index (κ3) is 2.41. The molecule has 0 unspecified atom stereocenters. The van der Waals surface area contributed by atoms with Gasteiger partial charge in [0.05, 0.1) is 7.11 Å². The molecule has 0 aliphatic carbocycles. The number of anilines is 3. The van der Waals surface area contributed by atoms with Crippen LogP contribution in [0.3, 0.4) is 0 Å². The first-order valence-electron chi connectivity index (χ1n) is 4.88. The van der Waals surface area contributed by atoms with Crippen LogP contribution in [-0.4, -0.2) is 17.1 Å². The first kappa shape index (κ1) is 11.1. The number of nitrogens with zero attached hydrogens (tertiary/aromatic N) is 2. The molecule has 0 aliphatic rings. The Morgan fingerprint density at radius 2 is 1.94 bits per heavy atom. The summed E-state index contributed by atoms with van der Waals surface area (Å²) >= 11 is 0. The molecule has 0 fully saturated rings. The quantitative estimate of drug-likeness (QED) is 0.849. The van der Waals surface area contributed by atoms with Crippen molar-refractivity contribution in [2.24, 2.45) is 0 Å². The molecule has 0 atom stereocenters. The van der Waals surface area contributed by atoms with Gasteiger partial charge in [0.25, 0.3) is 0 Å². The SMILES string of the molecule is COc1ncnc(Nc2ccc(F)cc2)c1N. The van der Waals surface area contributed by atoms with E-state index in [2.05, 4.69) is 15.3 Å². The van der Waals surface area contributed by atoms with E-state index >= 15 is 0 Å². The van der Waals surface area contributed by atoms with Gasteiger partial charge in [-0.25, -0.2) is 9.37 Å². The highest BCUT2D eigenvalue weighted by atomic mass is 19.1. The second kappa shape index (κ2) is 4.65. The number of methoxy groups -OCH3 is 1. The zero-order valence-electron chi connectivity index (χ0n) is 9.14. The van der Waals surface area contributed by atoms with Gasteiger partial charge in [0, 0.05) is 5.69 Å². The molecule has 3 N–H and O–H groups in total. The third-order valence-corrected chi connectivity index (χ3v) is 2.15. The molecule has 2 aromatic rings. The van der Waals surface area contributed by atoms with Crippen LogP contribution in [0, 0.1) is 5.82 Å². The Hall–Kier alpha value is -2.37. The number of nitrogens with one attached hydrogen (secondary N) is 1. The van der Waals surface area contributed by atoms with Crippen LogP contribution < -0.4 is 15.8 Å². The lowest BCUT2D eigenvalue weighted by molar-refractivity contribution is 0.399. The van der Waals surface area contributed by atoms with Gasteiger partial charge in [-0.05, 0) is 24.3 Å². The molecule has 0 saturated heterocycles. The fraction of sp³-hybridized carbons (Fsp3) is 0.0909. The fourth-order valence-electron chi connectivity index (χ4n) is 1.31. The van der Waals surface area contributed by atoms with Crippen LogP contribution in [0.4, 0.5) is 21.6 Å².